The van der Waals surface area contributed by atoms with Gasteiger partial charge in [-0.1, -0.05) is 49.2 Å². The highest BCUT2D eigenvalue weighted by molar-refractivity contribution is 6.43. The summed E-state index contributed by atoms with van der Waals surface area (Å²) in [5.74, 6) is -0.982. The quantitative estimate of drug-likeness (QED) is 0.174. The Morgan fingerprint density at radius 2 is 2.02 bits per heavy atom. The van der Waals surface area contributed by atoms with E-state index in [-0.39, 0.29) is 64.5 Å². The molecular weight excluding hydrogens is 643 g/mol. The Kier molecular flexibility index (Phi) is 9.27. The Bertz CT molecular complexity index is 1920. The van der Waals surface area contributed by atoms with E-state index in [1.165, 1.54) is 0 Å². The largest absolute Gasteiger partial charge is 0.387 e. The maximum Gasteiger partial charge on any atom is 0.260 e. The summed E-state index contributed by atoms with van der Waals surface area (Å²) in [6, 6.07) is 10.4. The molecule has 2 aromatic carbocycles. The number of hydrogen-bond donors (Lipinski definition) is 2. The number of benzene rings is 2. The molecule has 3 N–H and O–H groups in total. The van der Waals surface area contributed by atoms with Crippen LogP contribution in [0.4, 0.5) is 8.78 Å². The van der Waals surface area contributed by atoms with Crippen LogP contribution in [-0.2, 0) is 11.2 Å². The molecule has 0 radical (unpaired) electrons. The number of carbonyl (C=O) groups excluding carboxylic acids is 1. The third-order valence-corrected chi connectivity index (χ3v) is 10.6. The number of nitriles is 1. The Morgan fingerprint density at radius 3 is 2.66 bits per heavy atom. The van der Waals surface area contributed by atoms with Crippen molar-refractivity contribution in [1.82, 2.24) is 14.5 Å². The van der Waals surface area contributed by atoms with Crippen molar-refractivity contribution in [2.45, 2.75) is 89.6 Å². The summed E-state index contributed by atoms with van der Waals surface area (Å²) >= 11 is 13.0. The zero-order valence-electron chi connectivity index (χ0n) is 26.8. The zero-order valence-corrected chi connectivity index (χ0v) is 28.3. The number of nitrogens with zero attached hydrogens (tertiary/aromatic N) is 4. The van der Waals surface area contributed by atoms with Crippen LogP contribution >= 0.6 is 23.2 Å². The van der Waals surface area contributed by atoms with Crippen molar-refractivity contribution in [2.24, 2.45) is 11.7 Å². The normalized spacial score (nSPS) is 20.1. The molecular formula is C36H39Cl2F2N5O2. The molecule has 47 heavy (non-hydrogen) atoms. The van der Waals surface area contributed by atoms with E-state index in [0.717, 1.165) is 5.69 Å². The molecule has 7 nitrogen and oxygen atoms in total. The Balaban J connectivity index is 1.72. The molecule has 1 saturated carbocycles. The van der Waals surface area contributed by atoms with Gasteiger partial charge in [-0.15, -0.1) is 0 Å². The standard InChI is InChI=1S/C36H39Cl2F2N5O2/c1-4-22(10-14-42)45-28(27-15-19(2)18-44(27)35(47)36(40)11-12-36)17-25-32(20(3)46)43-33-24(34(25)45)16-21(7-6-13-41)29(31(33)39)23-8-5-9-26(37)30(23)38/h5,8-9,16-17,19-20,22,27,46H,4,6-7,10-12,14-15,18,42H2,1-3H3. The van der Waals surface area contributed by atoms with Gasteiger partial charge in [-0.25, -0.2) is 13.8 Å². The van der Waals surface area contributed by atoms with Crippen molar-refractivity contribution < 1.29 is 18.7 Å². The summed E-state index contributed by atoms with van der Waals surface area (Å²) in [6.07, 6.45) is 1.69. The predicted molar refractivity (Wildman–Crippen MR) is 182 cm³/mol. The van der Waals surface area contributed by atoms with Crippen LogP contribution in [0.3, 0.4) is 0 Å². The average Bonchev–Trinajstić information content (AvgIpc) is 3.50. The number of likely N-dealkylation sites (tertiary alicyclic amines) is 1. The number of hydrogen-bond acceptors (Lipinski definition) is 5. The molecule has 0 bridgehead atoms. The van der Waals surface area contributed by atoms with E-state index < -0.39 is 29.5 Å². The van der Waals surface area contributed by atoms with Gasteiger partial charge in [0, 0.05) is 46.6 Å². The minimum Gasteiger partial charge on any atom is -0.387 e. The first-order valence-corrected chi connectivity index (χ1v) is 17.1. The number of alkyl halides is 1. The summed E-state index contributed by atoms with van der Waals surface area (Å²) < 4.78 is 34.5. The molecule has 0 spiro atoms. The van der Waals surface area contributed by atoms with Crippen LogP contribution in [0.15, 0.2) is 30.3 Å². The molecule has 2 aromatic heterocycles. The second-order valence-corrected chi connectivity index (χ2v) is 14.0. The Morgan fingerprint density at radius 1 is 1.28 bits per heavy atom. The third kappa shape index (κ3) is 5.78. The zero-order chi connectivity index (χ0) is 33.8. The van der Waals surface area contributed by atoms with Gasteiger partial charge in [-0.05, 0) is 81.7 Å². The fourth-order valence-electron chi connectivity index (χ4n) is 7.36. The molecule has 248 valence electrons. The molecule has 4 atom stereocenters. The average molecular weight is 683 g/mol. The van der Waals surface area contributed by atoms with E-state index in [4.69, 9.17) is 33.9 Å². The maximum absolute atomic E-state index is 17.1. The van der Waals surface area contributed by atoms with E-state index in [2.05, 4.69) is 17.6 Å². The number of aromatic nitrogens is 2. The van der Waals surface area contributed by atoms with Crippen molar-refractivity contribution >= 4 is 50.9 Å². The van der Waals surface area contributed by atoms with Gasteiger partial charge in [0.15, 0.2) is 11.5 Å². The highest BCUT2D eigenvalue weighted by Gasteiger charge is 2.55. The fraction of sp³-hybridized carbons (Fsp3) is 0.472. The highest BCUT2D eigenvalue weighted by atomic mass is 35.5. The highest BCUT2D eigenvalue weighted by Crippen LogP contribution is 2.49. The van der Waals surface area contributed by atoms with Crippen LogP contribution in [0, 0.1) is 23.1 Å². The number of carbonyl (C=O) groups is 1. The molecule has 1 aliphatic heterocycles. The first kappa shape index (κ1) is 33.6. The van der Waals surface area contributed by atoms with Gasteiger partial charge in [-0.3, -0.25) is 4.79 Å². The number of rotatable bonds is 10. The number of amides is 1. The van der Waals surface area contributed by atoms with Crippen LogP contribution in [0.25, 0.3) is 32.9 Å². The molecule has 2 aliphatic rings. The Hall–Kier alpha value is -3.29. The van der Waals surface area contributed by atoms with E-state index in [9.17, 15) is 15.2 Å². The van der Waals surface area contributed by atoms with Gasteiger partial charge in [0.1, 0.15) is 5.52 Å². The van der Waals surface area contributed by atoms with Gasteiger partial charge in [-0.2, -0.15) is 5.26 Å². The predicted octanol–water partition coefficient (Wildman–Crippen LogP) is 8.52. The lowest BCUT2D eigenvalue weighted by Gasteiger charge is -2.30. The monoisotopic (exact) mass is 681 g/mol. The van der Waals surface area contributed by atoms with E-state index >= 15 is 8.78 Å². The molecule has 1 aliphatic carbocycles. The van der Waals surface area contributed by atoms with Crippen LogP contribution in [0.2, 0.25) is 10.0 Å². The van der Waals surface area contributed by atoms with E-state index in [1.807, 2.05) is 19.1 Å². The lowest BCUT2D eigenvalue weighted by atomic mass is 9.92. The van der Waals surface area contributed by atoms with Crippen LogP contribution < -0.4 is 5.73 Å². The summed E-state index contributed by atoms with van der Waals surface area (Å²) in [5, 5.41) is 22.2. The van der Waals surface area contributed by atoms with Gasteiger partial charge in [0.05, 0.1) is 39.5 Å². The summed E-state index contributed by atoms with van der Waals surface area (Å²) in [4.78, 5) is 19.9. The minimum absolute atomic E-state index is 0.0436. The summed E-state index contributed by atoms with van der Waals surface area (Å²) in [5.41, 5.74) is 7.24. The number of nitrogens with two attached hydrogens (primary N) is 1. The number of aryl methyl sites for hydroxylation is 1. The Labute approximate surface area is 283 Å². The van der Waals surface area contributed by atoms with Crippen LogP contribution in [-0.4, -0.2) is 44.2 Å². The van der Waals surface area contributed by atoms with Crippen molar-refractivity contribution in [3.8, 4) is 17.2 Å². The summed E-state index contributed by atoms with van der Waals surface area (Å²) in [6.45, 7) is 6.51. The third-order valence-electron chi connectivity index (χ3n) is 9.80. The number of pyridine rings is 1. The second kappa shape index (κ2) is 13.0. The number of aliphatic hydroxyl groups is 1. The molecule has 6 rings (SSSR count). The number of fused-ring (bicyclic) bond motifs is 3. The molecule has 1 saturated heterocycles. The SMILES string of the molecule is CCC(CCN)n1c(C2CC(C)CN2C(=O)C2(F)CC2)cc2c(C(C)O)nc3c(F)c(-c4cccc(Cl)c4Cl)c(CCC#N)cc3c21. The van der Waals surface area contributed by atoms with Crippen molar-refractivity contribution in [1.29, 1.82) is 5.26 Å². The van der Waals surface area contributed by atoms with Gasteiger partial charge in [0.2, 0.25) is 0 Å². The van der Waals surface area contributed by atoms with Crippen molar-refractivity contribution in [2.75, 3.05) is 13.1 Å². The van der Waals surface area contributed by atoms with Crippen LogP contribution in [0.5, 0.6) is 0 Å². The van der Waals surface area contributed by atoms with Crippen molar-refractivity contribution in [3.63, 3.8) is 0 Å². The smallest absolute Gasteiger partial charge is 0.260 e. The first-order chi connectivity index (χ1) is 22.4. The number of aliphatic hydroxyl groups excluding tert-OH is 1. The van der Waals surface area contributed by atoms with Gasteiger partial charge >= 0.3 is 0 Å². The first-order valence-electron chi connectivity index (χ1n) is 16.3. The van der Waals surface area contributed by atoms with Crippen LogP contribution in [0.1, 0.15) is 94.4 Å². The van der Waals surface area contributed by atoms with E-state index in [1.54, 1.807) is 30.0 Å². The van der Waals surface area contributed by atoms with Gasteiger partial charge < -0.3 is 20.3 Å². The molecule has 11 heteroatoms. The topological polar surface area (TPSA) is 108 Å². The molecule has 3 heterocycles. The van der Waals surface area contributed by atoms with Gasteiger partial charge in [0.25, 0.3) is 5.91 Å². The number of halogens is 4. The maximum atomic E-state index is 17.1. The second-order valence-electron chi connectivity index (χ2n) is 13.2. The molecule has 2 fully saturated rings. The van der Waals surface area contributed by atoms with E-state index in [0.29, 0.717) is 59.8 Å². The molecule has 4 unspecified atom stereocenters. The summed E-state index contributed by atoms with van der Waals surface area (Å²) in [7, 11) is 0. The fourth-order valence-corrected chi connectivity index (χ4v) is 7.76. The molecule has 1 amide bonds. The van der Waals surface area contributed by atoms with Crippen molar-refractivity contribution in [3.05, 3.63) is 63.1 Å². The lowest BCUT2D eigenvalue weighted by Crippen LogP contribution is -2.39. The lowest BCUT2D eigenvalue weighted by molar-refractivity contribution is -0.139. The minimum atomic E-state index is -1.82. The molecule has 4 aromatic rings.